The van der Waals surface area contributed by atoms with Crippen molar-refractivity contribution in [1.29, 1.82) is 0 Å². The Morgan fingerprint density at radius 1 is 1.20 bits per heavy atom. The standard InChI is InChI=1S/C18H21ClN4OS/c1-11-8-14(19)10-15(9-11)23(21)13(3)17(20)18(24)22-25-16-7-5-4-6-12(16)2/h4-10H,20-21H2,1-3H3,(H,22,24)/b17-13-. The Morgan fingerprint density at radius 2 is 1.88 bits per heavy atom. The van der Waals surface area contributed by atoms with Crippen molar-refractivity contribution >= 4 is 35.1 Å². The fourth-order valence-electron chi connectivity index (χ4n) is 2.17. The van der Waals surface area contributed by atoms with Gasteiger partial charge >= 0.3 is 0 Å². The van der Waals surface area contributed by atoms with Crippen LogP contribution in [0.15, 0.2) is 58.8 Å². The average molecular weight is 377 g/mol. The maximum Gasteiger partial charge on any atom is 0.279 e. The number of amides is 1. The second kappa shape index (κ2) is 8.29. The third-order valence-corrected chi connectivity index (χ3v) is 4.83. The second-order valence-corrected chi connectivity index (χ2v) is 6.94. The van der Waals surface area contributed by atoms with Crippen molar-refractivity contribution in [3.63, 3.8) is 0 Å². The van der Waals surface area contributed by atoms with Crippen LogP contribution >= 0.6 is 23.5 Å². The summed E-state index contributed by atoms with van der Waals surface area (Å²) >= 11 is 7.28. The Hall–Kier alpha value is -2.15. The van der Waals surface area contributed by atoms with Gasteiger partial charge in [0.05, 0.1) is 11.4 Å². The van der Waals surface area contributed by atoms with Gasteiger partial charge in [0.15, 0.2) is 0 Å². The highest BCUT2D eigenvalue weighted by Gasteiger charge is 2.15. The monoisotopic (exact) mass is 376 g/mol. The number of hydrogen-bond acceptors (Lipinski definition) is 5. The van der Waals surface area contributed by atoms with Crippen LogP contribution in [-0.2, 0) is 4.79 Å². The molecule has 2 aromatic rings. The number of aryl methyl sites for hydroxylation is 2. The van der Waals surface area contributed by atoms with Gasteiger partial charge in [-0.25, -0.2) is 5.84 Å². The van der Waals surface area contributed by atoms with E-state index >= 15 is 0 Å². The lowest BCUT2D eigenvalue weighted by molar-refractivity contribution is -0.115. The summed E-state index contributed by atoms with van der Waals surface area (Å²) in [6.45, 7) is 5.57. The highest BCUT2D eigenvalue weighted by molar-refractivity contribution is 7.98. The van der Waals surface area contributed by atoms with E-state index in [1.807, 2.05) is 50.2 Å². The van der Waals surface area contributed by atoms with E-state index in [0.717, 1.165) is 16.0 Å². The van der Waals surface area contributed by atoms with Crippen molar-refractivity contribution in [2.45, 2.75) is 25.7 Å². The van der Waals surface area contributed by atoms with E-state index in [1.165, 1.54) is 17.0 Å². The number of rotatable bonds is 5. The Balaban J connectivity index is 2.13. The van der Waals surface area contributed by atoms with Gasteiger partial charge in [-0.3, -0.25) is 14.5 Å². The minimum absolute atomic E-state index is 0.0428. The predicted molar refractivity (Wildman–Crippen MR) is 105 cm³/mol. The number of halogens is 1. The van der Waals surface area contributed by atoms with Gasteiger partial charge in [0.1, 0.15) is 5.70 Å². The molecule has 0 saturated carbocycles. The van der Waals surface area contributed by atoms with Crippen LogP contribution in [0.5, 0.6) is 0 Å². The Labute approximate surface area is 157 Å². The molecule has 5 N–H and O–H groups in total. The first-order chi connectivity index (χ1) is 11.8. The first-order valence-corrected chi connectivity index (χ1v) is 8.80. The lowest BCUT2D eigenvalue weighted by atomic mass is 10.2. The molecule has 7 heteroatoms. The number of benzene rings is 2. The number of nitrogens with two attached hydrogens (primary N) is 2. The van der Waals surface area contributed by atoms with Crippen LogP contribution in [-0.4, -0.2) is 5.91 Å². The highest BCUT2D eigenvalue weighted by Crippen LogP contribution is 2.24. The molecule has 0 fully saturated rings. The fraction of sp³-hybridized carbons (Fsp3) is 0.167. The topological polar surface area (TPSA) is 84.4 Å². The van der Waals surface area contributed by atoms with Gasteiger partial charge in [-0.2, -0.15) is 0 Å². The molecule has 0 saturated heterocycles. The fourth-order valence-corrected chi connectivity index (χ4v) is 3.14. The van der Waals surface area contributed by atoms with Gasteiger partial charge in [-0.1, -0.05) is 29.8 Å². The molecule has 25 heavy (non-hydrogen) atoms. The number of nitrogens with one attached hydrogen (secondary N) is 1. The minimum Gasteiger partial charge on any atom is -0.393 e. The molecule has 1 amide bonds. The third kappa shape index (κ3) is 4.92. The van der Waals surface area contributed by atoms with Crippen LogP contribution in [0.4, 0.5) is 5.69 Å². The van der Waals surface area contributed by atoms with Gasteiger partial charge in [-0.15, -0.1) is 0 Å². The molecule has 0 spiro atoms. The predicted octanol–water partition coefficient (Wildman–Crippen LogP) is 3.65. The second-order valence-electron chi connectivity index (χ2n) is 5.65. The molecular weight excluding hydrogens is 356 g/mol. The van der Waals surface area contributed by atoms with Crippen LogP contribution in [0.3, 0.4) is 0 Å². The smallest absolute Gasteiger partial charge is 0.279 e. The van der Waals surface area contributed by atoms with Crippen LogP contribution < -0.4 is 21.3 Å². The van der Waals surface area contributed by atoms with Gasteiger partial charge in [0.25, 0.3) is 5.91 Å². The maximum absolute atomic E-state index is 12.3. The van der Waals surface area contributed by atoms with Crippen LogP contribution in [0, 0.1) is 13.8 Å². The molecule has 0 aliphatic rings. The van der Waals surface area contributed by atoms with Crippen molar-refractivity contribution in [3.05, 3.63) is 70.0 Å². The molecule has 0 aliphatic carbocycles. The van der Waals surface area contributed by atoms with Crippen molar-refractivity contribution in [3.8, 4) is 0 Å². The van der Waals surface area contributed by atoms with E-state index in [-0.39, 0.29) is 5.70 Å². The van der Waals surface area contributed by atoms with E-state index in [1.54, 1.807) is 13.0 Å². The highest BCUT2D eigenvalue weighted by atomic mass is 35.5. The summed E-state index contributed by atoms with van der Waals surface area (Å²) in [6, 6.07) is 13.2. The lowest BCUT2D eigenvalue weighted by Gasteiger charge is -2.21. The largest absolute Gasteiger partial charge is 0.393 e. The van der Waals surface area contributed by atoms with Gasteiger partial charge < -0.3 is 5.73 Å². The average Bonchev–Trinajstić information content (AvgIpc) is 2.58. The molecule has 132 valence electrons. The molecule has 2 rings (SSSR count). The minimum atomic E-state index is -0.403. The summed E-state index contributed by atoms with van der Waals surface area (Å²) in [6.07, 6.45) is 0. The summed E-state index contributed by atoms with van der Waals surface area (Å²) < 4.78 is 2.74. The molecule has 0 atom stereocenters. The van der Waals surface area contributed by atoms with Crippen LogP contribution in [0.25, 0.3) is 0 Å². The summed E-state index contributed by atoms with van der Waals surface area (Å²) in [5.41, 5.74) is 9.14. The molecule has 0 radical (unpaired) electrons. The van der Waals surface area contributed by atoms with E-state index in [2.05, 4.69) is 4.72 Å². The molecular formula is C18H21ClN4OS. The molecule has 2 aromatic carbocycles. The molecule has 5 nitrogen and oxygen atoms in total. The van der Waals surface area contributed by atoms with E-state index < -0.39 is 5.91 Å². The van der Waals surface area contributed by atoms with Gasteiger partial charge in [0.2, 0.25) is 0 Å². The Morgan fingerprint density at radius 3 is 2.52 bits per heavy atom. The zero-order valence-corrected chi connectivity index (χ0v) is 15.9. The number of allylic oxidation sites excluding steroid dienone is 1. The number of carbonyl (C=O) groups excluding carboxylic acids is 1. The van der Waals surface area contributed by atoms with Crippen molar-refractivity contribution in [1.82, 2.24) is 4.72 Å². The first-order valence-electron chi connectivity index (χ1n) is 7.60. The number of hydrazine groups is 1. The van der Waals surface area contributed by atoms with E-state index in [4.69, 9.17) is 23.2 Å². The third-order valence-electron chi connectivity index (χ3n) is 3.65. The zero-order valence-electron chi connectivity index (χ0n) is 14.3. The van der Waals surface area contributed by atoms with Gasteiger partial charge in [0, 0.05) is 9.92 Å². The van der Waals surface area contributed by atoms with Crippen LogP contribution in [0.2, 0.25) is 5.02 Å². The van der Waals surface area contributed by atoms with Crippen LogP contribution in [0.1, 0.15) is 18.1 Å². The number of anilines is 1. The maximum atomic E-state index is 12.3. The van der Waals surface area contributed by atoms with E-state index in [9.17, 15) is 4.79 Å². The van der Waals surface area contributed by atoms with E-state index in [0.29, 0.717) is 16.4 Å². The number of nitrogens with zero attached hydrogens (tertiary/aromatic N) is 1. The quantitative estimate of drug-likeness (QED) is 0.321. The molecule has 0 unspecified atom stereocenters. The van der Waals surface area contributed by atoms with Crippen molar-refractivity contribution in [2.24, 2.45) is 11.6 Å². The summed E-state index contributed by atoms with van der Waals surface area (Å²) in [5, 5.41) is 1.92. The summed E-state index contributed by atoms with van der Waals surface area (Å²) in [5.74, 6) is 5.69. The molecule has 0 heterocycles. The van der Waals surface area contributed by atoms with Crippen molar-refractivity contribution < 1.29 is 4.79 Å². The summed E-state index contributed by atoms with van der Waals surface area (Å²) in [7, 11) is 0. The first kappa shape index (κ1) is 19.2. The number of hydrogen-bond donors (Lipinski definition) is 3. The van der Waals surface area contributed by atoms with Crippen molar-refractivity contribution in [2.75, 3.05) is 5.01 Å². The zero-order chi connectivity index (χ0) is 18.6. The molecule has 0 bridgehead atoms. The Bertz CT molecular complexity index is 802. The van der Waals surface area contributed by atoms with Gasteiger partial charge in [-0.05, 0) is 68.1 Å². The SMILES string of the molecule is C/C(=C(/N)C(=O)NSc1ccccc1C)N(N)c1cc(C)cc(Cl)c1. The number of carbonyl (C=O) groups is 1. The molecule has 0 aliphatic heterocycles. The molecule has 0 aromatic heterocycles. The Kier molecular flexibility index (Phi) is 6.36. The summed E-state index contributed by atoms with van der Waals surface area (Å²) in [4.78, 5) is 13.3. The normalized spacial score (nSPS) is 11.7. The lowest BCUT2D eigenvalue weighted by Crippen LogP contribution is -2.35.